The number of halogens is 1. The first-order valence-corrected chi connectivity index (χ1v) is 8.48. The van der Waals surface area contributed by atoms with Crippen LogP contribution in [0.4, 0.5) is 0 Å². The summed E-state index contributed by atoms with van der Waals surface area (Å²) in [5, 5.41) is -0.199. The van der Waals surface area contributed by atoms with Gasteiger partial charge in [0.1, 0.15) is 6.29 Å². The maximum absolute atomic E-state index is 12.7. The number of sulfone groups is 1. The molecule has 21 heavy (non-hydrogen) atoms. The third-order valence-corrected chi connectivity index (χ3v) is 6.35. The average molecular weight is 321 g/mol. The molecule has 0 spiro atoms. The van der Waals surface area contributed by atoms with Crippen LogP contribution in [-0.4, -0.2) is 20.0 Å². The van der Waals surface area contributed by atoms with Crippen LogP contribution in [-0.2, 0) is 14.6 Å². The highest BCUT2D eigenvalue weighted by Crippen LogP contribution is 2.52. The minimum atomic E-state index is -3.53. The largest absolute Gasteiger partial charge is 0.303 e. The van der Waals surface area contributed by atoms with E-state index in [1.54, 1.807) is 12.1 Å². The van der Waals surface area contributed by atoms with E-state index in [1.807, 2.05) is 30.3 Å². The van der Waals surface area contributed by atoms with E-state index in [-0.39, 0.29) is 10.8 Å². The van der Waals surface area contributed by atoms with Gasteiger partial charge in [0.2, 0.25) is 0 Å². The molecule has 1 aliphatic rings. The first kappa shape index (κ1) is 14.3. The normalized spacial score (nSPS) is 24.5. The van der Waals surface area contributed by atoms with Crippen LogP contribution in [0.1, 0.15) is 11.5 Å². The van der Waals surface area contributed by atoms with E-state index in [1.165, 1.54) is 12.1 Å². The predicted octanol–water partition coefficient (Wildman–Crippen LogP) is 3.09. The molecule has 0 aromatic heterocycles. The van der Waals surface area contributed by atoms with E-state index in [0.29, 0.717) is 5.02 Å². The maximum Gasteiger partial charge on any atom is 0.182 e. The van der Waals surface area contributed by atoms with E-state index < -0.39 is 21.0 Å². The summed E-state index contributed by atoms with van der Waals surface area (Å²) in [4.78, 5) is 11.4. The van der Waals surface area contributed by atoms with Crippen LogP contribution in [0.3, 0.4) is 0 Å². The Bertz CT molecular complexity index is 754. The van der Waals surface area contributed by atoms with Gasteiger partial charge >= 0.3 is 0 Å². The van der Waals surface area contributed by atoms with E-state index in [9.17, 15) is 13.2 Å². The number of hydrogen-bond donors (Lipinski definition) is 0. The number of hydrogen-bond acceptors (Lipinski definition) is 3. The molecule has 2 aromatic rings. The molecule has 0 heterocycles. The van der Waals surface area contributed by atoms with Gasteiger partial charge in [-0.2, -0.15) is 0 Å². The quantitative estimate of drug-likeness (QED) is 0.813. The number of rotatable bonds is 4. The van der Waals surface area contributed by atoms with E-state index in [2.05, 4.69) is 0 Å². The summed E-state index contributed by atoms with van der Waals surface area (Å²) in [5.74, 6) is -0.738. The van der Waals surface area contributed by atoms with Crippen molar-refractivity contribution in [3.63, 3.8) is 0 Å². The number of benzene rings is 2. The van der Waals surface area contributed by atoms with E-state index in [0.717, 1.165) is 11.8 Å². The monoisotopic (exact) mass is 320 g/mol. The standard InChI is InChI=1S/C16H13ClO3S/c17-12-6-8-13(9-7-12)21(19,20)16-14(10-18)15(16)11-4-2-1-3-5-11/h1-10,14-16H/t14-,15+,16+/m1/s1. The summed E-state index contributed by atoms with van der Waals surface area (Å²) >= 11 is 5.79. The molecule has 0 saturated heterocycles. The fraction of sp³-hybridized carbons (Fsp3) is 0.188. The van der Waals surface area contributed by atoms with Crippen molar-refractivity contribution in [3.8, 4) is 0 Å². The lowest BCUT2D eigenvalue weighted by molar-refractivity contribution is -0.108. The fourth-order valence-electron chi connectivity index (χ4n) is 2.74. The molecule has 1 saturated carbocycles. The van der Waals surface area contributed by atoms with Crippen LogP contribution < -0.4 is 0 Å². The van der Waals surface area contributed by atoms with Crippen LogP contribution in [0.2, 0.25) is 5.02 Å². The lowest BCUT2D eigenvalue weighted by atomic mass is 10.1. The van der Waals surface area contributed by atoms with Gasteiger partial charge < -0.3 is 4.79 Å². The second-order valence-corrected chi connectivity index (χ2v) is 7.66. The van der Waals surface area contributed by atoms with Crippen LogP contribution in [0, 0.1) is 5.92 Å². The molecule has 108 valence electrons. The molecule has 5 heteroatoms. The summed E-state index contributed by atoms with van der Waals surface area (Å²) in [5.41, 5.74) is 0.886. The van der Waals surface area contributed by atoms with Gasteiger partial charge in [-0.05, 0) is 29.8 Å². The molecule has 3 atom stereocenters. The zero-order valence-electron chi connectivity index (χ0n) is 11.0. The first-order valence-electron chi connectivity index (χ1n) is 6.55. The lowest BCUT2D eigenvalue weighted by Gasteiger charge is -2.04. The molecule has 3 rings (SSSR count). The Balaban J connectivity index is 1.96. The van der Waals surface area contributed by atoms with Gasteiger partial charge in [0.15, 0.2) is 9.84 Å². The Kier molecular flexibility index (Phi) is 3.59. The molecule has 0 N–H and O–H groups in total. The van der Waals surface area contributed by atoms with E-state index in [4.69, 9.17) is 11.6 Å². The van der Waals surface area contributed by atoms with Crippen LogP contribution in [0.25, 0.3) is 0 Å². The van der Waals surface area contributed by atoms with E-state index >= 15 is 0 Å². The lowest BCUT2D eigenvalue weighted by Crippen LogP contribution is -2.10. The van der Waals surface area contributed by atoms with Crippen molar-refractivity contribution in [2.75, 3.05) is 0 Å². The minimum absolute atomic E-state index is 0.210. The van der Waals surface area contributed by atoms with Crippen molar-refractivity contribution in [2.45, 2.75) is 16.1 Å². The molecule has 0 unspecified atom stereocenters. The highest BCUT2D eigenvalue weighted by Gasteiger charge is 2.58. The zero-order chi connectivity index (χ0) is 15.0. The second-order valence-electron chi connectivity index (χ2n) is 5.11. The molecule has 1 fully saturated rings. The highest BCUT2D eigenvalue weighted by atomic mass is 35.5. The number of carbonyl (C=O) groups is 1. The van der Waals surface area contributed by atoms with Gasteiger partial charge in [0, 0.05) is 16.9 Å². The van der Waals surface area contributed by atoms with Gasteiger partial charge in [-0.25, -0.2) is 8.42 Å². The van der Waals surface area contributed by atoms with Crippen LogP contribution in [0.5, 0.6) is 0 Å². The molecular formula is C16H13ClO3S. The van der Waals surface area contributed by atoms with Crippen molar-refractivity contribution in [1.82, 2.24) is 0 Å². The summed E-state index contributed by atoms with van der Waals surface area (Å²) in [6.45, 7) is 0. The predicted molar refractivity (Wildman–Crippen MR) is 81.2 cm³/mol. The molecule has 0 bridgehead atoms. The Morgan fingerprint density at radius 3 is 2.14 bits per heavy atom. The second kappa shape index (κ2) is 5.28. The summed E-state index contributed by atoms with van der Waals surface area (Å²) in [6.07, 6.45) is 0.746. The molecule has 0 amide bonds. The molecule has 1 aliphatic carbocycles. The van der Waals surface area contributed by atoms with Gasteiger partial charge in [0.25, 0.3) is 0 Å². The Hall–Kier alpha value is -1.65. The Morgan fingerprint density at radius 2 is 1.57 bits per heavy atom. The van der Waals surface area contributed by atoms with Gasteiger partial charge in [0.05, 0.1) is 10.1 Å². The van der Waals surface area contributed by atoms with Crippen LogP contribution in [0.15, 0.2) is 59.5 Å². The molecule has 0 aliphatic heterocycles. The molecular weight excluding hydrogens is 308 g/mol. The van der Waals surface area contributed by atoms with Crippen molar-refractivity contribution >= 4 is 27.7 Å². The molecule has 3 nitrogen and oxygen atoms in total. The average Bonchev–Trinajstić information content (AvgIpc) is 3.24. The third kappa shape index (κ3) is 2.49. The summed E-state index contributed by atoms with van der Waals surface area (Å²) in [6, 6.07) is 15.3. The van der Waals surface area contributed by atoms with Crippen LogP contribution >= 0.6 is 11.6 Å². The van der Waals surface area contributed by atoms with Gasteiger partial charge in [-0.15, -0.1) is 0 Å². The Labute approximate surface area is 128 Å². The fourth-order valence-corrected chi connectivity index (χ4v) is 4.97. The van der Waals surface area contributed by atoms with Crippen molar-refractivity contribution < 1.29 is 13.2 Å². The van der Waals surface area contributed by atoms with Crippen molar-refractivity contribution in [2.24, 2.45) is 5.92 Å². The van der Waals surface area contributed by atoms with Gasteiger partial charge in [-0.3, -0.25) is 0 Å². The number of carbonyl (C=O) groups excluding carboxylic acids is 1. The molecule has 0 radical (unpaired) electrons. The van der Waals surface area contributed by atoms with Crippen molar-refractivity contribution in [1.29, 1.82) is 0 Å². The highest BCUT2D eigenvalue weighted by molar-refractivity contribution is 7.92. The topological polar surface area (TPSA) is 51.2 Å². The third-order valence-electron chi connectivity index (χ3n) is 3.85. The SMILES string of the molecule is O=C[C@@H]1[C@H](c2ccccc2)[C@H]1S(=O)(=O)c1ccc(Cl)cc1. The smallest absolute Gasteiger partial charge is 0.182 e. The van der Waals surface area contributed by atoms with Crippen molar-refractivity contribution in [3.05, 3.63) is 65.2 Å². The van der Waals surface area contributed by atoms with Gasteiger partial charge in [-0.1, -0.05) is 41.9 Å². The molecule has 2 aromatic carbocycles. The maximum atomic E-state index is 12.7. The Morgan fingerprint density at radius 1 is 0.952 bits per heavy atom. The summed E-state index contributed by atoms with van der Waals surface area (Å²) in [7, 11) is -3.53. The zero-order valence-corrected chi connectivity index (χ0v) is 12.6. The first-order chi connectivity index (χ1) is 10.1. The number of aldehydes is 1. The minimum Gasteiger partial charge on any atom is -0.303 e. The summed E-state index contributed by atoms with van der Waals surface area (Å²) < 4.78 is 25.3.